The highest BCUT2D eigenvalue weighted by molar-refractivity contribution is 8.13. The van der Waals surface area contributed by atoms with E-state index in [2.05, 4.69) is 92.4 Å². The Balaban J connectivity index is 6.09. The first-order chi connectivity index (χ1) is 19.6. The maximum atomic E-state index is 13.6. The van der Waals surface area contributed by atoms with Crippen molar-refractivity contribution in [3.63, 3.8) is 0 Å². The fourth-order valence-electron chi connectivity index (χ4n) is 4.80. The lowest BCUT2D eigenvalue weighted by Crippen LogP contribution is -2.47. The van der Waals surface area contributed by atoms with E-state index < -0.39 is 28.6 Å². The quantitative estimate of drug-likeness (QED) is 0.0362. The Kier molecular flexibility index (Phi) is 17.7. The normalized spacial score (nSPS) is 17.0. The van der Waals surface area contributed by atoms with Gasteiger partial charge < -0.3 is 13.6 Å². The van der Waals surface area contributed by atoms with Crippen molar-refractivity contribution in [2.45, 2.75) is 150 Å². The highest BCUT2D eigenvalue weighted by Crippen LogP contribution is 2.41. The van der Waals surface area contributed by atoms with Crippen molar-refractivity contribution in [3.8, 4) is 0 Å². The molecule has 250 valence electrons. The van der Waals surface area contributed by atoms with Crippen molar-refractivity contribution in [2.75, 3.05) is 12.9 Å². The summed E-state index contributed by atoms with van der Waals surface area (Å²) in [5.74, 6) is -0.322. The summed E-state index contributed by atoms with van der Waals surface area (Å²) in [4.78, 5) is 28.4. The summed E-state index contributed by atoms with van der Waals surface area (Å²) in [5, 5.41) is 3.79. The van der Waals surface area contributed by atoms with Crippen molar-refractivity contribution in [2.24, 2.45) is 22.4 Å². The molecule has 0 heterocycles. The van der Waals surface area contributed by atoms with Crippen molar-refractivity contribution in [1.82, 2.24) is 0 Å². The van der Waals surface area contributed by atoms with Crippen LogP contribution in [0.15, 0.2) is 16.8 Å². The first-order valence-corrected chi connectivity index (χ1v) is 22.4. The maximum absolute atomic E-state index is 13.6. The third kappa shape index (κ3) is 13.8. The van der Waals surface area contributed by atoms with Gasteiger partial charge in [0.2, 0.25) is 0 Å². The van der Waals surface area contributed by atoms with Crippen LogP contribution in [0.25, 0.3) is 10.4 Å². The number of hydrogen-bond donors (Lipinski definition) is 0. The van der Waals surface area contributed by atoms with E-state index in [0.29, 0.717) is 5.57 Å². The van der Waals surface area contributed by atoms with E-state index in [1.165, 1.54) is 7.11 Å². The maximum Gasteiger partial charge on any atom is 0.333 e. The SMILES string of the molecule is CC[Si](CC)(CC)O[C@@H](C[C@@H](C)C[C@H](O[Si](C)(C)C(C)(C)C)[C@H](C)C(=O)SC[C@H](/C=C(/C)C(=O)OC)N=[N+]=[N-])C(C)(C)C. The van der Waals surface area contributed by atoms with E-state index in [9.17, 15) is 9.59 Å². The van der Waals surface area contributed by atoms with E-state index >= 15 is 0 Å². The fourth-order valence-corrected chi connectivity index (χ4v) is 10.2. The number of azide groups is 1. The summed E-state index contributed by atoms with van der Waals surface area (Å²) >= 11 is 1.13. The first kappa shape index (κ1) is 41.9. The van der Waals surface area contributed by atoms with Gasteiger partial charge in [-0.25, -0.2) is 4.79 Å². The van der Waals surface area contributed by atoms with E-state index in [0.717, 1.165) is 42.7 Å². The predicted octanol–water partition coefficient (Wildman–Crippen LogP) is 9.92. The minimum atomic E-state index is -2.19. The number of methoxy groups -OCH3 is 1. The van der Waals surface area contributed by atoms with Crippen LogP contribution < -0.4 is 0 Å². The molecule has 0 unspecified atom stereocenters. The molecule has 0 N–H and O–H groups in total. The number of carbonyl (C=O) groups excluding carboxylic acids is 2. The van der Waals surface area contributed by atoms with Crippen LogP contribution in [0.3, 0.4) is 0 Å². The highest BCUT2D eigenvalue weighted by Gasteiger charge is 2.42. The van der Waals surface area contributed by atoms with Gasteiger partial charge in [0.15, 0.2) is 21.8 Å². The zero-order valence-corrected chi connectivity index (χ0v) is 32.8. The Morgan fingerprint density at radius 2 is 1.51 bits per heavy atom. The third-order valence-corrected chi connectivity index (χ3v) is 19.6. The van der Waals surface area contributed by atoms with Gasteiger partial charge in [0, 0.05) is 16.2 Å². The molecule has 0 spiro atoms. The van der Waals surface area contributed by atoms with Crippen LogP contribution in [0.4, 0.5) is 0 Å². The fraction of sp³-hybridized carbons (Fsp3) is 0.875. The average molecular weight is 658 g/mol. The Labute approximate surface area is 269 Å². The van der Waals surface area contributed by atoms with Crippen LogP contribution in [-0.4, -0.2) is 58.8 Å². The van der Waals surface area contributed by atoms with E-state index in [4.69, 9.17) is 19.1 Å². The molecule has 43 heavy (non-hydrogen) atoms. The predicted molar refractivity (Wildman–Crippen MR) is 187 cm³/mol. The Bertz CT molecular complexity index is 959. The summed E-state index contributed by atoms with van der Waals surface area (Å²) in [6.07, 6.45) is 3.13. The molecular formula is C32H63N3O5SSi2. The second-order valence-electron chi connectivity index (χ2n) is 14.7. The number of rotatable bonds is 18. The zero-order chi connectivity index (χ0) is 33.8. The summed E-state index contributed by atoms with van der Waals surface area (Å²) in [7, 11) is -2.68. The van der Waals surface area contributed by atoms with E-state index in [1.807, 2.05) is 6.92 Å². The number of ether oxygens (including phenoxy) is 1. The second kappa shape index (κ2) is 18.1. The number of esters is 1. The van der Waals surface area contributed by atoms with Gasteiger partial charge in [-0.1, -0.05) is 99.1 Å². The molecule has 11 heteroatoms. The molecular weight excluding hydrogens is 595 g/mol. The van der Waals surface area contributed by atoms with Crippen LogP contribution in [0.1, 0.15) is 95.9 Å². The lowest BCUT2D eigenvalue weighted by Gasteiger charge is -2.43. The molecule has 0 aliphatic rings. The Morgan fingerprint density at radius 3 is 1.93 bits per heavy atom. The topological polar surface area (TPSA) is 111 Å². The molecule has 0 bridgehead atoms. The highest BCUT2D eigenvalue weighted by atomic mass is 32.2. The smallest absolute Gasteiger partial charge is 0.333 e. The van der Waals surface area contributed by atoms with Crippen molar-refractivity contribution >= 4 is 39.5 Å². The average Bonchev–Trinajstić information content (AvgIpc) is 2.91. The van der Waals surface area contributed by atoms with Crippen molar-refractivity contribution < 1.29 is 23.2 Å². The monoisotopic (exact) mass is 657 g/mol. The van der Waals surface area contributed by atoms with Crippen LogP contribution in [0.5, 0.6) is 0 Å². The Morgan fingerprint density at radius 1 is 0.977 bits per heavy atom. The van der Waals surface area contributed by atoms with Crippen molar-refractivity contribution in [3.05, 3.63) is 22.1 Å². The van der Waals surface area contributed by atoms with Crippen LogP contribution in [0, 0.1) is 17.3 Å². The molecule has 0 aromatic rings. The van der Waals surface area contributed by atoms with Crippen LogP contribution in [-0.2, 0) is 23.2 Å². The molecule has 0 saturated heterocycles. The minimum absolute atomic E-state index is 0.00114. The van der Waals surface area contributed by atoms with Gasteiger partial charge in [0.05, 0.1) is 31.3 Å². The number of carbonyl (C=O) groups is 2. The number of thioether (sulfide) groups is 1. The molecule has 0 radical (unpaired) electrons. The third-order valence-electron chi connectivity index (χ3n) is 9.27. The number of hydrogen-bond acceptors (Lipinski definition) is 7. The summed E-state index contributed by atoms with van der Waals surface area (Å²) in [5.41, 5.74) is 9.40. The second-order valence-corrected chi connectivity index (χ2v) is 25.2. The van der Waals surface area contributed by atoms with Gasteiger partial charge in [-0.15, -0.1) is 0 Å². The van der Waals surface area contributed by atoms with Gasteiger partial charge in [-0.3, -0.25) is 4.79 Å². The van der Waals surface area contributed by atoms with Crippen LogP contribution >= 0.6 is 11.8 Å². The molecule has 0 aliphatic heterocycles. The Hall–Kier alpha value is -1.11. The lowest BCUT2D eigenvalue weighted by molar-refractivity contribution is -0.136. The molecule has 0 fully saturated rings. The molecule has 0 saturated carbocycles. The summed E-state index contributed by atoms with van der Waals surface area (Å²) < 4.78 is 18.8. The first-order valence-electron chi connectivity index (χ1n) is 16.0. The van der Waals surface area contributed by atoms with E-state index in [-0.39, 0.29) is 45.4 Å². The summed E-state index contributed by atoms with van der Waals surface area (Å²) in [6.45, 7) is 30.6. The minimum Gasteiger partial charge on any atom is -0.466 e. The van der Waals surface area contributed by atoms with Gasteiger partial charge in [-0.05, 0) is 72.9 Å². The van der Waals surface area contributed by atoms with Gasteiger partial charge in [-0.2, -0.15) is 0 Å². The van der Waals surface area contributed by atoms with Gasteiger partial charge in [0.1, 0.15) is 0 Å². The molecule has 0 amide bonds. The summed E-state index contributed by atoms with van der Waals surface area (Å²) in [6, 6.07) is 2.71. The molecule has 0 aliphatic carbocycles. The largest absolute Gasteiger partial charge is 0.466 e. The van der Waals surface area contributed by atoms with Crippen molar-refractivity contribution in [1.29, 1.82) is 0 Å². The molecule has 0 aromatic carbocycles. The number of nitrogens with zero attached hydrogens (tertiary/aromatic N) is 3. The molecule has 0 rings (SSSR count). The molecule has 8 nitrogen and oxygen atoms in total. The standard InChI is InChI=1S/C32H63N3O5SSi2/c1-16-43(17-2,18-3)40-28(31(7,8)9)20-23(4)19-27(39-42(14,15)32(10,11)12)25(6)30(37)41-22-26(34-35-33)21-24(5)29(36)38-13/h21,23,25-28H,16-20,22H2,1-15H3/b24-21-/t23-,25-,26-,27-,28-/m0/s1. The molecule has 0 aromatic heterocycles. The lowest BCUT2D eigenvalue weighted by atomic mass is 9.82. The molecule has 5 atom stereocenters. The van der Waals surface area contributed by atoms with Crippen LogP contribution in [0.2, 0.25) is 36.3 Å². The zero-order valence-electron chi connectivity index (χ0n) is 30.0. The van der Waals surface area contributed by atoms with Gasteiger partial charge >= 0.3 is 5.97 Å². The van der Waals surface area contributed by atoms with E-state index in [1.54, 1.807) is 13.0 Å². The van der Waals surface area contributed by atoms with Gasteiger partial charge in [0.25, 0.3) is 0 Å².